The van der Waals surface area contributed by atoms with Gasteiger partial charge in [-0.3, -0.25) is 0 Å². The average Bonchev–Trinajstić information content (AvgIpc) is 2.91. The van der Waals surface area contributed by atoms with Crippen molar-refractivity contribution in [2.75, 3.05) is 5.32 Å². The van der Waals surface area contributed by atoms with Crippen LogP contribution in [0.15, 0.2) is 52.9 Å². The van der Waals surface area contributed by atoms with Crippen molar-refractivity contribution in [2.24, 2.45) is 0 Å². The second-order valence-electron chi connectivity index (χ2n) is 5.26. The van der Waals surface area contributed by atoms with Gasteiger partial charge in [-0.1, -0.05) is 44.2 Å². The lowest BCUT2D eigenvalue weighted by atomic mass is 10.1. The highest BCUT2D eigenvalue weighted by Crippen LogP contribution is 2.27. The van der Waals surface area contributed by atoms with Gasteiger partial charge in [-0.25, -0.2) is 0 Å². The summed E-state index contributed by atoms with van der Waals surface area (Å²) >= 11 is 0. The molecule has 0 radical (unpaired) electrons. The van der Waals surface area contributed by atoms with Crippen molar-refractivity contribution in [1.29, 1.82) is 0 Å². The molecule has 0 spiro atoms. The largest absolute Gasteiger partial charge is 0.461 e. The lowest BCUT2D eigenvalue weighted by molar-refractivity contribution is 0.551. The Labute approximate surface area is 125 Å². The van der Waals surface area contributed by atoms with Crippen molar-refractivity contribution in [3.05, 3.63) is 65.4 Å². The lowest BCUT2D eigenvalue weighted by Gasteiger charge is -2.07. The zero-order valence-electron chi connectivity index (χ0n) is 12.6. The number of furan rings is 1. The van der Waals surface area contributed by atoms with Crippen molar-refractivity contribution in [1.82, 2.24) is 0 Å². The Morgan fingerprint density at radius 3 is 2.38 bits per heavy atom. The van der Waals surface area contributed by atoms with E-state index in [2.05, 4.69) is 55.6 Å². The van der Waals surface area contributed by atoms with Gasteiger partial charge in [-0.2, -0.15) is 0 Å². The molecule has 108 valence electrons. The summed E-state index contributed by atoms with van der Waals surface area (Å²) in [7, 11) is 0. The van der Waals surface area contributed by atoms with E-state index >= 15 is 0 Å². The molecule has 0 aliphatic carbocycles. The van der Waals surface area contributed by atoms with Crippen LogP contribution in [0.1, 0.15) is 30.7 Å². The van der Waals surface area contributed by atoms with Gasteiger partial charge in [0.05, 0.1) is 0 Å². The summed E-state index contributed by atoms with van der Waals surface area (Å²) in [6.45, 7) is 5.11. The maximum absolute atomic E-state index is 5.93. The first-order chi connectivity index (χ1) is 10.3. The van der Waals surface area contributed by atoms with Crippen LogP contribution in [0.2, 0.25) is 0 Å². The molecule has 1 heterocycles. The summed E-state index contributed by atoms with van der Waals surface area (Å²) < 4.78 is 5.93. The normalized spacial score (nSPS) is 11.0. The maximum atomic E-state index is 5.93. The third-order valence-corrected chi connectivity index (χ3v) is 3.93. The molecular weight excluding hydrogens is 258 g/mol. The molecule has 21 heavy (non-hydrogen) atoms. The molecule has 3 aromatic rings. The fraction of sp³-hybridized carbons (Fsp3) is 0.263. The standard InChI is InChI=1S/C19H21NO/c1-3-14-9-11-15(12-10-14)20-13-17-16-7-5-6-8-19(16)21-18(17)4-2/h5-12,20H,3-4,13H2,1-2H3. The van der Waals surface area contributed by atoms with E-state index < -0.39 is 0 Å². The number of anilines is 1. The molecule has 0 aliphatic heterocycles. The Morgan fingerprint density at radius 1 is 0.905 bits per heavy atom. The minimum atomic E-state index is 0.797. The number of para-hydroxylation sites is 1. The Balaban J connectivity index is 1.83. The van der Waals surface area contributed by atoms with Gasteiger partial charge in [0.2, 0.25) is 0 Å². The molecule has 0 amide bonds. The van der Waals surface area contributed by atoms with Crippen LogP contribution < -0.4 is 5.32 Å². The Kier molecular flexibility index (Phi) is 3.96. The lowest BCUT2D eigenvalue weighted by Crippen LogP contribution is -2.01. The zero-order valence-corrected chi connectivity index (χ0v) is 12.6. The van der Waals surface area contributed by atoms with Gasteiger partial charge in [0.1, 0.15) is 11.3 Å². The molecule has 0 saturated heterocycles. The van der Waals surface area contributed by atoms with Crippen molar-refractivity contribution in [3.8, 4) is 0 Å². The number of aryl methyl sites for hydroxylation is 2. The van der Waals surface area contributed by atoms with E-state index in [1.54, 1.807) is 0 Å². The molecule has 0 bridgehead atoms. The van der Waals surface area contributed by atoms with Crippen LogP contribution in [0.25, 0.3) is 11.0 Å². The summed E-state index contributed by atoms with van der Waals surface area (Å²) in [5, 5.41) is 4.72. The number of benzene rings is 2. The van der Waals surface area contributed by atoms with E-state index in [-0.39, 0.29) is 0 Å². The van der Waals surface area contributed by atoms with Crippen molar-refractivity contribution < 1.29 is 4.42 Å². The summed E-state index contributed by atoms with van der Waals surface area (Å²) in [5.74, 6) is 1.08. The number of hydrogen-bond acceptors (Lipinski definition) is 2. The Hall–Kier alpha value is -2.22. The zero-order chi connectivity index (χ0) is 14.7. The predicted molar refractivity (Wildman–Crippen MR) is 88.7 cm³/mol. The summed E-state index contributed by atoms with van der Waals surface area (Å²) in [4.78, 5) is 0. The Bertz CT molecular complexity index is 725. The minimum absolute atomic E-state index is 0.797. The van der Waals surface area contributed by atoms with Crippen molar-refractivity contribution in [3.63, 3.8) is 0 Å². The van der Waals surface area contributed by atoms with Gasteiger partial charge in [0.15, 0.2) is 0 Å². The average molecular weight is 279 g/mol. The predicted octanol–water partition coefficient (Wildman–Crippen LogP) is 5.17. The van der Waals surface area contributed by atoms with Gasteiger partial charge in [0, 0.05) is 29.6 Å². The van der Waals surface area contributed by atoms with Crippen LogP contribution >= 0.6 is 0 Å². The Morgan fingerprint density at radius 2 is 1.67 bits per heavy atom. The third kappa shape index (κ3) is 2.80. The molecule has 2 heteroatoms. The van der Waals surface area contributed by atoms with Gasteiger partial charge in [-0.05, 0) is 30.2 Å². The molecule has 3 rings (SSSR count). The molecule has 0 atom stereocenters. The van der Waals surface area contributed by atoms with E-state index in [0.29, 0.717) is 0 Å². The second-order valence-corrected chi connectivity index (χ2v) is 5.26. The van der Waals surface area contributed by atoms with Crippen LogP contribution in [0.4, 0.5) is 5.69 Å². The monoisotopic (exact) mass is 279 g/mol. The van der Waals surface area contributed by atoms with E-state index in [1.165, 1.54) is 16.5 Å². The summed E-state index contributed by atoms with van der Waals surface area (Å²) in [6, 6.07) is 16.9. The van der Waals surface area contributed by atoms with Crippen LogP contribution in [0.3, 0.4) is 0 Å². The fourth-order valence-corrected chi connectivity index (χ4v) is 2.68. The number of nitrogens with one attached hydrogen (secondary N) is 1. The quantitative estimate of drug-likeness (QED) is 0.697. The minimum Gasteiger partial charge on any atom is -0.461 e. The van der Waals surface area contributed by atoms with Gasteiger partial charge >= 0.3 is 0 Å². The van der Waals surface area contributed by atoms with E-state index in [9.17, 15) is 0 Å². The molecule has 1 N–H and O–H groups in total. The summed E-state index contributed by atoms with van der Waals surface area (Å²) in [5.41, 5.74) is 4.77. The van der Waals surface area contributed by atoms with Gasteiger partial charge < -0.3 is 9.73 Å². The number of hydrogen-bond donors (Lipinski definition) is 1. The molecule has 0 fully saturated rings. The number of fused-ring (bicyclic) bond motifs is 1. The molecular formula is C19H21NO. The highest BCUT2D eigenvalue weighted by Gasteiger charge is 2.11. The third-order valence-electron chi connectivity index (χ3n) is 3.93. The van der Waals surface area contributed by atoms with Gasteiger partial charge in [0.25, 0.3) is 0 Å². The van der Waals surface area contributed by atoms with E-state index in [4.69, 9.17) is 4.42 Å². The molecule has 2 nitrogen and oxygen atoms in total. The molecule has 0 saturated carbocycles. The van der Waals surface area contributed by atoms with Crippen LogP contribution in [-0.2, 0) is 19.4 Å². The molecule has 0 aliphatic rings. The highest BCUT2D eigenvalue weighted by molar-refractivity contribution is 5.82. The van der Waals surface area contributed by atoms with Crippen molar-refractivity contribution in [2.45, 2.75) is 33.2 Å². The van der Waals surface area contributed by atoms with Crippen LogP contribution in [0.5, 0.6) is 0 Å². The molecule has 2 aromatic carbocycles. The topological polar surface area (TPSA) is 25.2 Å². The first-order valence-corrected chi connectivity index (χ1v) is 7.64. The molecule has 1 aromatic heterocycles. The van der Waals surface area contributed by atoms with Crippen LogP contribution in [-0.4, -0.2) is 0 Å². The first-order valence-electron chi connectivity index (χ1n) is 7.64. The summed E-state index contributed by atoms with van der Waals surface area (Å²) in [6.07, 6.45) is 1.99. The van der Waals surface area contributed by atoms with E-state index in [1.807, 2.05) is 12.1 Å². The maximum Gasteiger partial charge on any atom is 0.134 e. The smallest absolute Gasteiger partial charge is 0.134 e. The van der Waals surface area contributed by atoms with Crippen molar-refractivity contribution >= 4 is 16.7 Å². The highest BCUT2D eigenvalue weighted by atomic mass is 16.3. The van der Waals surface area contributed by atoms with E-state index in [0.717, 1.165) is 36.4 Å². The molecule has 0 unspecified atom stereocenters. The first kappa shape index (κ1) is 13.7. The van der Waals surface area contributed by atoms with Gasteiger partial charge in [-0.15, -0.1) is 0 Å². The SMILES string of the molecule is CCc1ccc(NCc2c(CC)oc3ccccc23)cc1. The number of rotatable bonds is 5. The van der Waals surface area contributed by atoms with Crippen LogP contribution in [0, 0.1) is 0 Å². The fourth-order valence-electron chi connectivity index (χ4n) is 2.68. The second kappa shape index (κ2) is 6.04.